The smallest absolute Gasteiger partial charge is 0.0402 e. The van der Waals surface area contributed by atoms with Crippen molar-refractivity contribution >= 4 is 12.6 Å². The molecule has 0 aromatic carbocycles. The molecular formula is C4H12OS. The predicted octanol–water partition coefficient (Wildman–Crippen LogP) is 0.935. The second-order valence-electron chi connectivity index (χ2n) is 0.632. The molecule has 0 amide bonds. The molecule has 0 heterocycles. The summed E-state index contributed by atoms with van der Waals surface area (Å²) < 4.78 is 0. The van der Waals surface area contributed by atoms with Gasteiger partial charge in [-0.25, -0.2) is 0 Å². The van der Waals surface area contributed by atoms with Crippen molar-refractivity contribution in [3.8, 4) is 0 Å². The first kappa shape index (κ1) is 9.58. The fourth-order valence-electron chi connectivity index (χ4n) is 0. The van der Waals surface area contributed by atoms with Crippen molar-refractivity contribution in [3.63, 3.8) is 0 Å². The fourth-order valence-corrected chi connectivity index (χ4v) is 0. The van der Waals surface area contributed by atoms with Gasteiger partial charge in [0.15, 0.2) is 0 Å². The zero-order valence-electron chi connectivity index (χ0n) is 4.31. The average Bonchev–Trinajstić information content (AvgIpc) is 1.39. The molecule has 0 unspecified atom stereocenters. The van der Waals surface area contributed by atoms with Crippen LogP contribution in [0.15, 0.2) is 0 Å². The van der Waals surface area contributed by atoms with Gasteiger partial charge in [0.2, 0.25) is 0 Å². The predicted molar refractivity (Wildman–Crippen MR) is 32.3 cm³/mol. The summed E-state index contributed by atoms with van der Waals surface area (Å²) in [4.78, 5) is 0. The normalized spacial score (nSPS) is 6.00. The van der Waals surface area contributed by atoms with Gasteiger partial charge in [0.05, 0.1) is 0 Å². The van der Waals surface area contributed by atoms with Gasteiger partial charge in [0.25, 0.3) is 0 Å². The van der Waals surface area contributed by atoms with Gasteiger partial charge in [-0.15, -0.1) is 0 Å². The Labute approximate surface area is 44.8 Å². The molecule has 0 rings (SSSR count). The standard InChI is InChI=1S/C2H6O.C2H6S/c2*1-2-3/h2*3H,2H2,1H3. The van der Waals surface area contributed by atoms with Crippen molar-refractivity contribution in [2.45, 2.75) is 13.8 Å². The van der Waals surface area contributed by atoms with E-state index >= 15 is 0 Å². The zero-order chi connectivity index (χ0) is 5.41. The summed E-state index contributed by atoms with van der Waals surface area (Å²) in [5.41, 5.74) is 0. The first-order valence-electron chi connectivity index (χ1n) is 2.05. The molecule has 0 aromatic rings. The van der Waals surface area contributed by atoms with Crippen LogP contribution in [0.1, 0.15) is 13.8 Å². The van der Waals surface area contributed by atoms with E-state index in [-0.39, 0.29) is 6.61 Å². The van der Waals surface area contributed by atoms with Crippen molar-refractivity contribution in [3.05, 3.63) is 0 Å². The lowest BCUT2D eigenvalue weighted by atomic mass is 10.9. The molecule has 6 heavy (non-hydrogen) atoms. The second kappa shape index (κ2) is 18.5. The quantitative estimate of drug-likeness (QED) is 0.442. The van der Waals surface area contributed by atoms with Crippen molar-refractivity contribution in [2.24, 2.45) is 0 Å². The molecule has 0 aromatic heterocycles. The number of thiol groups is 1. The monoisotopic (exact) mass is 108 g/mol. The SMILES string of the molecule is CCO.CCS. The molecule has 0 atom stereocenters. The maximum Gasteiger partial charge on any atom is 0.0402 e. The van der Waals surface area contributed by atoms with Gasteiger partial charge in [0.1, 0.15) is 0 Å². The molecule has 0 saturated carbocycles. The van der Waals surface area contributed by atoms with Crippen molar-refractivity contribution in [2.75, 3.05) is 12.4 Å². The average molecular weight is 108 g/mol. The van der Waals surface area contributed by atoms with Crippen LogP contribution in [0.25, 0.3) is 0 Å². The van der Waals surface area contributed by atoms with E-state index in [1.807, 2.05) is 6.92 Å². The van der Waals surface area contributed by atoms with E-state index in [2.05, 4.69) is 12.6 Å². The van der Waals surface area contributed by atoms with Crippen LogP contribution in [0.5, 0.6) is 0 Å². The van der Waals surface area contributed by atoms with Crippen molar-refractivity contribution < 1.29 is 5.11 Å². The molecule has 0 aliphatic heterocycles. The number of rotatable bonds is 0. The largest absolute Gasteiger partial charge is 0.397 e. The molecular weight excluding hydrogens is 96.1 g/mol. The number of hydrogen-bond acceptors (Lipinski definition) is 2. The maximum absolute atomic E-state index is 7.57. The van der Waals surface area contributed by atoms with E-state index in [0.29, 0.717) is 0 Å². The van der Waals surface area contributed by atoms with E-state index in [4.69, 9.17) is 5.11 Å². The van der Waals surface area contributed by atoms with E-state index < -0.39 is 0 Å². The van der Waals surface area contributed by atoms with E-state index in [1.165, 1.54) is 0 Å². The molecule has 0 fully saturated rings. The first-order valence-corrected chi connectivity index (χ1v) is 2.68. The van der Waals surface area contributed by atoms with Crippen LogP contribution in [0, 0.1) is 0 Å². The van der Waals surface area contributed by atoms with Crippen LogP contribution < -0.4 is 0 Å². The van der Waals surface area contributed by atoms with Crippen LogP contribution in [0.4, 0.5) is 0 Å². The minimum Gasteiger partial charge on any atom is -0.397 e. The van der Waals surface area contributed by atoms with Gasteiger partial charge >= 0.3 is 0 Å². The number of hydrogen-bond donors (Lipinski definition) is 2. The molecule has 40 valence electrons. The lowest BCUT2D eigenvalue weighted by Crippen LogP contribution is -1.57. The summed E-state index contributed by atoms with van der Waals surface area (Å²) in [6.07, 6.45) is 0. The summed E-state index contributed by atoms with van der Waals surface area (Å²) in [5.74, 6) is 0.944. The zero-order valence-corrected chi connectivity index (χ0v) is 5.20. The van der Waals surface area contributed by atoms with Crippen molar-refractivity contribution in [1.29, 1.82) is 0 Å². The Balaban J connectivity index is 0. The van der Waals surface area contributed by atoms with Gasteiger partial charge in [0, 0.05) is 6.61 Å². The molecule has 0 aliphatic carbocycles. The topological polar surface area (TPSA) is 20.2 Å². The molecule has 1 N–H and O–H groups in total. The number of aliphatic hydroxyl groups is 1. The van der Waals surface area contributed by atoms with Crippen LogP contribution >= 0.6 is 12.6 Å². The van der Waals surface area contributed by atoms with Gasteiger partial charge in [-0.2, -0.15) is 12.6 Å². The summed E-state index contributed by atoms with van der Waals surface area (Å²) in [6, 6.07) is 0. The first-order chi connectivity index (χ1) is 2.83. The van der Waals surface area contributed by atoms with Gasteiger partial charge in [-0.1, -0.05) is 6.92 Å². The fraction of sp³-hybridized carbons (Fsp3) is 1.00. The third-order valence-electron chi connectivity index (χ3n) is 0. The molecule has 0 spiro atoms. The Morgan fingerprint density at radius 2 is 1.50 bits per heavy atom. The van der Waals surface area contributed by atoms with Gasteiger partial charge < -0.3 is 5.11 Å². The van der Waals surface area contributed by atoms with Crippen LogP contribution in [-0.4, -0.2) is 17.5 Å². The Kier molecular flexibility index (Phi) is 29.5. The maximum atomic E-state index is 7.57. The van der Waals surface area contributed by atoms with Gasteiger partial charge in [-0.3, -0.25) is 0 Å². The third kappa shape index (κ3) is 491. The Hall–Kier alpha value is 0.310. The molecule has 2 heteroatoms. The Morgan fingerprint density at radius 1 is 1.50 bits per heavy atom. The third-order valence-corrected chi connectivity index (χ3v) is 0. The molecule has 1 nitrogen and oxygen atoms in total. The highest BCUT2D eigenvalue weighted by Crippen LogP contribution is 1.58. The minimum atomic E-state index is 0.250. The molecule has 0 saturated heterocycles. The lowest BCUT2D eigenvalue weighted by Gasteiger charge is -1.52. The Morgan fingerprint density at radius 3 is 1.50 bits per heavy atom. The summed E-state index contributed by atoms with van der Waals surface area (Å²) >= 11 is 3.79. The lowest BCUT2D eigenvalue weighted by molar-refractivity contribution is 0.318. The van der Waals surface area contributed by atoms with E-state index in [9.17, 15) is 0 Å². The second-order valence-corrected chi connectivity index (χ2v) is 1.26. The number of aliphatic hydroxyl groups excluding tert-OH is 1. The van der Waals surface area contributed by atoms with Crippen LogP contribution in [-0.2, 0) is 0 Å². The van der Waals surface area contributed by atoms with E-state index in [1.54, 1.807) is 6.92 Å². The molecule has 0 radical (unpaired) electrons. The Bertz CT molecular complexity index is 9.51. The van der Waals surface area contributed by atoms with Crippen LogP contribution in [0.2, 0.25) is 0 Å². The highest BCUT2D eigenvalue weighted by atomic mass is 32.1. The minimum absolute atomic E-state index is 0.250. The van der Waals surface area contributed by atoms with E-state index in [0.717, 1.165) is 5.75 Å². The van der Waals surface area contributed by atoms with Gasteiger partial charge in [-0.05, 0) is 12.7 Å². The summed E-state index contributed by atoms with van der Waals surface area (Å²) in [5, 5.41) is 7.57. The summed E-state index contributed by atoms with van der Waals surface area (Å²) in [6.45, 7) is 3.92. The summed E-state index contributed by atoms with van der Waals surface area (Å²) in [7, 11) is 0. The molecule has 0 bridgehead atoms. The highest BCUT2D eigenvalue weighted by molar-refractivity contribution is 7.80. The van der Waals surface area contributed by atoms with Crippen LogP contribution in [0.3, 0.4) is 0 Å². The van der Waals surface area contributed by atoms with Crippen molar-refractivity contribution in [1.82, 2.24) is 0 Å². The highest BCUT2D eigenvalue weighted by Gasteiger charge is 1.35. The molecule has 0 aliphatic rings.